The Morgan fingerprint density at radius 1 is 1.22 bits per heavy atom. The van der Waals surface area contributed by atoms with Crippen LogP contribution in [-0.4, -0.2) is 29.9 Å². The molecule has 0 saturated carbocycles. The summed E-state index contributed by atoms with van der Waals surface area (Å²) in [6.07, 6.45) is 0.475. The number of benzene rings is 2. The van der Waals surface area contributed by atoms with Crippen LogP contribution >= 0.6 is 30.5 Å². The van der Waals surface area contributed by atoms with E-state index in [9.17, 15) is 27.8 Å². The summed E-state index contributed by atoms with van der Waals surface area (Å²) >= 11 is 7.28. The molecule has 3 aromatic rings. The van der Waals surface area contributed by atoms with Gasteiger partial charge in [-0.25, -0.2) is 13.6 Å². The summed E-state index contributed by atoms with van der Waals surface area (Å²) in [5, 5.41) is 4.56. The Labute approximate surface area is 214 Å². The largest absolute Gasteiger partial charge is 0.510 e. The van der Waals surface area contributed by atoms with E-state index in [1.54, 1.807) is 26.0 Å². The lowest BCUT2D eigenvalue weighted by atomic mass is 10.1. The Hall–Kier alpha value is -2.82. The lowest BCUT2D eigenvalue weighted by Gasteiger charge is -2.21. The van der Waals surface area contributed by atoms with Crippen LogP contribution in [0.1, 0.15) is 30.6 Å². The molecule has 8 nitrogen and oxygen atoms in total. The second kappa shape index (κ2) is 11.9. The Kier molecular flexibility index (Phi) is 9.21. The van der Waals surface area contributed by atoms with Crippen molar-refractivity contribution in [3.05, 3.63) is 75.8 Å². The summed E-state index contributed by atoms with van der Waals surface area (Å²) in [5.74, 6) is -2.41. The zero-order valence-corrected chi connectivity index (χ0v) is 21.4. The number of hydrogen-bond acceptors (Lipinski definition) is 7. The number of thiophene rings is 1. The highest BCUT2D eigenvalue weighted by Crippen LogP contribution is 2.58. The van der Waals surface area contributed by atoms with Gasteiger partial charge in [0, 0.05) is 21.5 Å². The van der Waals surface area contributed by atoms with Gasteiger partial charge >= 0.3 is 13.8 Å². The first kappa shape index (κ1) is 27.8. The first-order chi connectivity index (χ1) is 17.0. The number of amides is 1. The summed E-state index contributed by atoms with van der Waals surface area (Å²) in [6.45, 7) is 2.20. The van der Waals surface area contributed by atoms with E-state index in [4.69, 9.17) is 20.9 Å². The summed E-state index contributed by atoms with van der Waals surface area (Å²) in [6, 6.07) is 7.60. The van der Waals surface area contributed by atoms with E-state index in [0.29, 0.717) is 15.1 Å². The number of halogens is 3. The van der Waals surface area contributed by atoms with Gasteiger partial charge in [-0.15, -0.1) is 11.3 Å². The summed E-state index contributed by atoms with van der Waals surface area (Å²) in [5.41, 5.74) is -1.80. The van der Waals surface area contributed by atoms with Crippen LogP contribution in [0.15, 0.2) is 48.0 Å². The average molecular weight is 560 g/mol. The molecule has 1 aromatic heterocycles. The van der Waals surface area contributed by atoms with Crippen molar-refractivity contribution in [2.45, 2.75) is 25.6 Å². The first-order valence-electron chi connectivity index (χ1n) is 10.4. The molecule has 0 bridgehead atoms. The standard InChI is InChI=1S/C23H21ClF2NO7PS/c1-13(2)34-23(29)32-12-33-35(30,31)21(18-11-36-20-6-3-15(24)10-17(18)20)22(28)27-8-7-14-9-16(25)4-5-19(14)26/h3-11,13,21H,12H2,1-2H3,(H,27,28)(H,30,31). The fourth-order valence-corrected chi connectivity index (χ4v) is 5.61. The molecule has 192 valence electrons. The van der Waals surface area contributed by atoms with E-state index in [1.807, 2.05) is 0 Å². The van der Waals surface area contributed by atoms with E-state index in [1.165, 1.54) is 22.8 Å². The van der Waals surface area contributed by atoms with Gasteiger partial charge in [0.05, 0.1) is 6.10 Å². The average Bonchev–Trinajstić information content (AvgIpc) is 3.18. The highest BCUT2D eigenvalue weighted by Gasteiger charge is 2.41. The number of rotatable bonds is 9. The van der Waals surface area contributed by atoms with Gasteiger partial charge in [0.1, 0.15) is 11.6 Å². The fourth-order valence-electron chi connectivity index (χ4n) is 3.08. The van der Waals surface area contributed by atoms with Gasteiger partial charge < -0.3 is 19.7 Å². The van der Waals surface area contributed by atoms with Gasteiger partial charge in [0.2, 0.25) is 12.7 Å². The molecule has 1 heterocycles. The molecule has 13 heteroatoms. The predicted octanol–water partition coefficient (Wildman–Crippen LogP) is 6.38. The number of fused-ring (bicyclic) bond motifs is 1. The molecular formula is C23H21ClF2NO7PS. The summed E-state index contributed by atoms with van der Waals surface area (Å²) in [4.78, 5) is 35.4. The van der Waals surface area contributed by atoms with E-state index < -0.39 is 49.8 Å². The smallest absolute Gasteiger partial charge is 0.432 e. The van der Waals surface area contributed by atoms with Gasteiger partial charge in [-0.05, 0) is 72.7 Å². The van der Waals surface area contributed by atoms with Crippen LogP contribution in [0, 0.1) is 11.6 Å². The maximum Gasteiger partial charge on any atom is 0.510 e. The van der Waals surface area contributed by atoms with Gasteiger partial charge in [0.25, 0.3) is 0 Å². The topological polar surface area (TPSA) is 111 Å². The van der Waals surface area contributed by atoms with Crippen LogP contribution in [-0.2, 0) is 23.4 Å². The van der Waals surface area contributed by atoms with Crippen LogP contribution in [0.5, 0.6) is 0 Å². The second-order valence-corrected chi connectivity index (χ2v) is 10.9. The molecule has 2 atom stereocenters. The van der Waals surface area contributed by atoms with E-state index in [2.05, 4.69) is 10.1 Å². The maximum absolute atomic E-state index is 13.9. The van der Waals surface area contributed by atoms with E-state index in [-0.39, 0.29) is 11.1 Å². The zero-order chi connectivity index (χ0) is 26.5. The van der Waals surface area contributed by atoms with Crippen molar-refractivity contribution >= 4 is 58.8 Å². The maximum atomic E-state index is 13.9. The van der Waals surface area contributed by atoms with Gasteiger partial charge in [-0.3, -0.25) is 13.9 Å². The monoisotopic (exact) mass is 559 g/mol. The van der Waals surface area contributed by atoms with Crippen LogP contribution in [0.25, 0.3) is 16.2 Å². The zero-order valence-electron chi connectivity index (χ0n) is 18.9. The molecule has 36 heavy (non-hydrogen) atoms. The first-order valence-corrected chi connectivity index (χ1v) is 13.3. The predicted molar refractivity (Wildman–Crippen MR) is 132 cm³/mol. The molecule has 0 fully saturated rings. The molecule has 0 aliphatic rings. The fraction of sp³-hybridized carbons (Fsp3) is 0.217. The minimum atomic E-state index is -4.84. The lowest BCUT2D eigenvalue weighted by molar-refractivity contribution is -0.120. The van der Waals surface area contributed by atoms with Crippen LogP contribution in [0.4, 0.5) is 13.6 Å². The highest BCUT2D eigenvalue weighted by molar-refractivity contribution is 7.54. The molecule has 0 spiro atoms. The third kappa shape index (κ3) is 7.11. The number of carbonyl (C=O) groups is 2. The van der Waals surface area contributed by atoms with Gasteiger partial charge in [0.15, 0.2) is 5.66 Å². The molecule has 0 aliphatic heterocycles. The quantitative estimate of drug-likeness (QED) is 0.178. The van der Waals surface area contributed by atoms with E-state index in [0.717, 1.165) is 30.5 Å². The van der Waals surface area contributed by atoms with Crippen molar-refractivity contribution in [3.63, 3.8) is 0 Å². The molecule has 1 amide bonds. The SMILES string of the molecule is CC(C)OC(=O)OCOP(=O)(O)C(C(=O)NC=Cc1cc(F)ccc1F)c1csc2ccc(Cl)cc12. The molecule has 2 aromatic carbocycles. The highest BCUT2D eigenvalue weighted by atomic mass is 35.5. The van der Waals surface area contributed by atoms with Crippen molar-refractivity contribution in [1.29, 1.82) is 0 Å². The van der Waals surface area contributed by atoms with Crippen molar-refractivity contribution in [2.24, 2.45) is 0 Å². The summed E-state index contributed by atoms with van der Waals surface area (Å²) in [7, 11) is -4.84. The number of carbonyl (C=O) groups excluding carboxylic acids is 2. The van der Waals surface area contributed by atoms with Crippen molar-refractivity contribution in [2.75, 3.05) is 6.79 Å². The minimum absolute atomic E-state index is 0.135. The number of nitrogens with one attached hydrogen (secondary N) is 1. The Morgan fingerprint density at radius 3 is 2.69 bits per heavy atom. The Bertz CT molecular complexity index is 1350. The van der Waals surface area contributed by atoms with Crippen molar-refractivity contribution in [3.8, 4) is 0 Å². The summed E-state index contributed by atoms with van der Waals surface area (Å²) < 4.78 is 55.5. The van der Waals surface area contributed by atoms with E-state index >= 15 is 0 Å². The van der Waals surface area contributed by atoms with Crippen molar-refractivity contribution < 1.29 is 41.8 Å². The second-order valence-electron chi connectivity index (χ2n) is 7.61. The normalized spacial score (nSPS) is 14.1. The molecule has 2 N–H and O–H groups in total. The molecule has 0 aliphatic carbocycles. The third-order valence-corrected chi connectivity index (χ3v) is 7.49. The third-order valence-electron chi connectivity index (χ3n) is 4.63. The Morgan fingerprint density at radius 2 is 1.97 bits per heavy atom. The number of hydrogen-bond donors (Lipinski definition) is 2. The van der Waals surface area contributed by atoms with Gasteiger partial charge in [-0.1, -0.05) is 11.6 Å². The molecule has 3 rings (SSSR count). The molecule has 0 radical (unpaired) electrons. The van der Waals surface area contributed by atoms with Gasteiger partial charge in [-0.2, -0.15) is 0 Å². The van der Waals surface area contributed by atoms with Crippen molar-refractivity contribution in [1.82, 2.24) is 5.32 Å². The Balaban J connectivity index is 1.88. The molecule has 2 unspecified atom stereocenters. The lowest BCUT2D eigenvalue weighted by Crippen LogP contribution is -2.26. The van der Waals surface area contributed by atoms with Crippen LogP contribution in [0.3, 0.4) is 0 Å². The van der Waals surface area contributed by atoms with Crippen LogP contribution < -0.4 is 5.32 Å². The molecule has 0 saturated heterocycles. The minimum Gasteiger partial charge on any atom is -0.432 e. The number of ether oxygens (including phenoxy) is 2. The van der Waals surface area contributed by atoms with Crippen LogP contribution in [0.2, 0.25) is 5.02 Å². The molecular weight excluding hydrogens is 539 g/mol.